The van der Waals surface area contributed by atoms with Gasteiger partial charge >= 0.3 is 11.9 Å². The lowest BCUT2D eigenvalue weighted by Crippen LogP contribution is -2.58. The van der Waals surface area contributed by atoms with Crippen LogP contribution >= 0.6 is 0 Å². The number of nitriles is 2. The lowest BCUT2D eigenvalue weighted by Gasteiger charge is -2.52. The molecule has 0 unspecified atom stereocenters. The van der Waals surface area contributed by atoms with E-state index in [1.807, 2.05) is 26.0 Å². The van der Waals surface area contributed by atoms with Crippen LogP contribution in [0.4, 0.5) is 8.78 Å². The molecule has 2 amide bonds. The molecule has 2 aliphatic heterocycles. The van der Waals surface area contributed by atoms with Gasteiger partial charge < -0.3 is 29.9 Å². The van der Waals surface area contributed by atoms with E-state index in [2.05, 4.69) is 10.6 Å². The number of carbonyl (C=O) groups excluding carboxylic acids is 4. The van der Waals surface area contributed by atoms with Crippen molar-refractivity contribution in [3.8, 4) is 12.1 Å². The maximum absolute atomic E-state index is 13.5. The molecule has 8 aliphatic rings. The van der Waals surface area contributed by atoms with Gasteiger partial charge in [0.25, 0.3) is 0 Å². The van der Waals surface area contributed by atoms with Gasteiger partial charge in [0.15, 0.2) is 0 Å². The molecule has 4 bridgehead atoms. The lowest BCUT2D eigenvalue weighted by molar-refractivity contribution is -0.164. The van der Waals surface area contributed by atoms with Crippen molar-refractivity contribution in [1.82, 2.24) is 20.4 Å². The molecule has 0 aromatic heterocycles. The SMILES string of the molecule is CCOC(=O)C12CCC(NCC(=O)N3C[C@@H](F)C[C@H]3C#N)(CC1)CC2.CCOC(=O)C12CCC(NCC(=O)N3C[C@@H](F)C[C@H]3C#N)(CC1)CC2. The first kappa shape index (κ1) is 37.9. The van der Waals surface area contributed by atoms with Gasteiger partial charge in [-0.1, -0.05) is 0 Å². The van der Waals surface area contributed by atoms with Crippen molar-refractivity contribution in [2.75, 3.05) is 39.4 Å². The number of hydrogen-bond donors (Lipinski definition) is 2. The molecule has 8 fully saturated rings. The van der Waals surface area contributed by atoms with Crippen LogP contribution in [-0.4, -0.2) is 108 Å². The number of nitrogens with zero attached hydrogens (tertiary/aromatic N) is 4. The number of carbonyl (C=O) groups is 4. The minimum Gasteiger partial charge on any atom is -0.466 e. The van der Waals surface area contributed by atoms with Crippen molar-refractivity contribution in [1.29, 1.82) is 10.5 Å². The highest BCUT2D eigenvalue weighted by Crippen LogP contribution is 2.54. The summed E-state index contributed by atoms with van der Waals surface area (Å²) < 4.78 is 37.5. The van der Waals surface area contributed by atoms with Crippen LogP contribution in [0.25, 0.3) is 0 Å². The zero-order valence-electron chi connectivity index (χ0n) is 29.4. The van der Waals surface area contributed by atoms with Crippen LogP contribution < -0.4 is 10.6 Å². The van der Waals surface area contributed by atoms with Crippen LogP contribution in [0.1, 0.15) is 104 Å². The van der Waals surface area contributed by atoms with E-state index in [0.29, 0.717) is 13.2 Å². The third kappa shape index (κ3) is 7.76. The molecule has 50 heavy (non-hydrogen) atoms. The highest BCUT2D eigenvalue weighted by molar-refractivity contribution is 5.80. The third-order valence-electron chi connectivity index (χ3n) is 12.6. The van der Waals surface area contributed by atoms with Gasteiger partial charge in [-0.05, 0) is 90.9 Å². The van der Waals surface area contributed by atoms with E-state index in [1.54, 1.807) is 0 Å². The predicted molar refractivity (Wildman–Crippen MR) is 176 cm³/mol. The summed E-state index contributed by atoms with van der Waals surface area (Å²) in [4.78, 5) is 52.0. The Kier molecular flexibility index (Phi) is 11.7. The summed E-state index contributed by atoms with van der Waals surface area (Å²) >= 11 is 0. The molecule has 8 rings (SSSR count). The van der Waals surface area contributed by atoms with Crippen LogP contribution in [0.3, 0.4) is 0 Å². The van der Waals surface area contributed by atoms with Gasteiger partial charge in [-0.25, -0.2) is 8.78 Å². The number of esters is 2. The van der Waals surface area contributed by atoms with Crippen molar-refractivity contribution in [3.63, 3.8) is 0 Å². The topological polar surface area (TPSA) is 165 Å². The summed E-state index contributed by atoms with van der Waals surface area (Å²) in [6.07, 6.45) is 7.72. The van der Waals surface area contributed by atoms with Gasteiger partial charge in [0, 0.05) is 23.9 Å². The molecule has 12 nitrogen and oxygen atoms in total. The predicted octanol–water partition coefficient (Wildman–Crippen LogP) is 3.39. The van der Waals surface area contributed by atoms with Gasteiger partial charge in [-0.2, -0.15) is 10.5 Å². The molecule has 276 valence electrons. The Hall–Kier alpha value is -3.36. The number of fused-ring (bicyclic) bond motifs is 6. The smallest absolute Gasteiger partial charge is 0.312 e. The molecular weight excluding hydrogens is 650 g/mol. The Balaban J connectivity index is 0.000000194. The fourth-order valence-corrected chi connectivity index (χ4v) is 9.18. The highest BCUT2D eigenvalue weighted by atomic mass is 19.1. The van der Waals surface area contributed by atoms with E-state index < -0.39 is 24.4 Å². The quantitative estimate of drug-likeness (QED) is 0.323. The fraction of sp³-hybridized carbons (Fsp3) is 0.833. The summed E-state index contributed by atoms with van der Waals surface area (Å²) in [6.45, 7) is 4.73. The minimum absolute atomic E-state index is 0.0116. The Morgan fingerprint density at radius 3 is 1.24 bits per heavy atom. The van der Waals surface area contributed by atoms with E-state index in [-0.39, 0.29) is 84.7 Å². The van der Waals surface area contributed by atoms with Gasteiger partial charge in [-0.15, -0.1) is 0 Å². The number of halogens is 2. The molecule has 6 saturated carbocycles. The van der Waals surface area contributed by atoms with Gasteiger partial charge in [0.2, 0.25) is 11.8 Å². The molecule has 2 heterocycles. The van der Waals surface area contributed by atoms with Crippen molar-refractivity contribution >= 4 is 23.8 Å². The molecule has 0 aromatic rings. The standard InChI is InChI=1S/2C18H26FN3O3/c2*1-2-25-16(24)17-3-6-18(7-4-17,8-5-17)21-11-15(23)22-12-13(19)9-14(22)10-20/h2*13-14,21H,2-9,11-12H2,1H3/t2*13-,14-,17?,18?/m00/s1. The van der Waals surface area contributed by atoms with Crippen molar-refractivity contribution < 1.29 is 37.4 Å². The number of alkyl halides is 2. The summed E-state index contributed by atoms with van der Waals surface area (Å²) in [5.74, 6) is -0.590. The van der Waals surface area contributed by atoms with Crippen LogP contribution in [0.15, 0.2) is 0 Å². The molecule has 4 atom stereocenters. The molecule has 14 heteroatoms. The second-order valence-electron chi connectivity index (χ2n) is 15.3. The maximum atomic E-state index is 13.5. The number of likely N-dealkylation sites (tertiary alicyclic amines) is 2. The summed E-state index contributed by atoms with van der Waals surface area (Å²) in [7, 11) is 0. The number of ether oxygens (including phenoxy) is 2. The number of amides is 2. The van der Waals surface area contributed by atoms with E-state index >= 15 is 0 Å². The summed E-state index contributed by atoms with van der Waals surface area (Å²) in [6, 6.07) is 2.71. The Morgan fingerprint density at radius 2 is 0.960 bits per heavy atom. The molecular formula is C36H52F2N6O6. The van der Waals surface area contributed by atoms with E-state index in [0.717, 1.165) is 77.0 Å². The average Bonchev–Trinajstić information content (AvgIpc) is 3.73. The van der Waals surface area contributed by atoms with Crippen molar-refractivity contribution in [2.24, 2.45) is 10.8 Å². The van der Waals surface area contributed by atoms with E-state index in [9.17, 15) is 28.0 Å². The molecule has 0 spiro atoms. The fourth-order valence-electron chi connectivity index (χ4n) is 9.18. The molecule has 2 saturated heterocycles. The highest BCUT2D eigenvalue weighted by Gasteiger charge is 2.54. The van der Waals surface area contributed by atoms with Gasteiger partial charge in [-0.3, -0.25) is 19.2 Å². The lowest BCUT2D eigenvalue weighted by atomic mass is 9.57. The maximum Gasteiger partial charge on any atom is 0.312 e. The van der Waals surface area contributed by atoms with Crippen molar-refractivity contribution in [3.05, 3.63) is 0 Å². The minimum atomic E-state index is -1.11. The average molecular weight is 703 g/mol. The van der Waals surface area contributed by atoms with Crippen molar-refractivity contribution in [2.45, 2.75) is 139 Å². The summed E-state index contributed by atoms with van der Waals surface area (Å²) in [5.41, 5.74) is -0.931. The molecule has 6 aliphatic carbocycles. The van der Waals surface area contributed by atoms with Gasteiger partial charge in [0.05, 0.1) is 62.4 Å². The van der Waals surface area contributed by atoms with Crippen LogP contribution in [0, 0.1) is 33.5 Å². The largest absolute Gasteiger partial charge is 0.466 e. The van der Waals surface area contributed by atoms with E-state index in [4.69, 9.17) is 20.0 Å². The Bertz CT molecular complexity index is 1230. The van der Waals surface area contributed by atoms with Crippen LogP contribution in [-0.2, 0) is 28.7 Å². The number of rotatable bonds is 10. The van der Waals surface area contributed by atoms with Gasteiger partial charge in [0.1, 0.15) is 24.4 Å². The molecule has 2 N–H and O–H groups in total. The molecule has 0 radical (unpaired) electrons. The first-order chi connectivity index (χ1) is 23.9. The first-order valence-corrected chi connectivity index (χ1v) is 18.4. The number of hydrogen-bond acceptors (Lipinski definition) is 10. The number of nitrogens with one attached hydrogen (secondary N) is 2. The van der Waals surface area contributed by atoms with E-state index in [1.165, 1.54) is 9.80 Å². The second kappa shape index (κ2) is 15.5. The molecule has 0 aromatic carbocycles. The third-order valence-corrected chi connectivity index (χ3v) is 12.6. The zero-order chi connectivity index (χ0) is 36.2. The zero-order valence-corrected chi connectivity index (χ0v) is 29.4. The van der Waals surface area contributed by atoms with Crippen LogP contribution in [0.5, 0.6) is 0 Å². The van der Waals surface area contributed by atoms with Crippen LogP contribution in [0.2, 0.25) is 0 Å². The Labute approximate surface area is 293 Å². The second-order valence-corrected chi connectivity index (χ2v) is 15.3. The Morgan fingerprint density at radius 1 is 0.640 bits per heavy atom. The monoisotopic (exact) mass is 702 g/mol. The summed E-state index contributed by atoms with van der Waals surface area (Å²) in [5, 5.41) is 24.9. The first-order valence-electron chi connectivity index (χ1n) is 18.4. The normalized spacial score (nSPS) is 36.9.